The minimum atomic E-state index is -0.567. The van der Waals surface area contributed by atoms with Crippen LogP contribution in [0.5, 0.6) is 0 Å². The van der Waals surface area contributed by atoms with Crippen molar-refractivity contribution in [3.05, 3.63) is 40.5 Å². The van der Waals surface area contributed by atoms with Gasteiger partial charge in [0.1, 0.15) is 17.6 Å². The minimum absolute atomic E-state index is 0.0304. The van der Waals surface area contributed by atoms with Gasteiger partial charge in [-0.2, -0.15) is 0 Å². The quantitative estimate of drug-likeness (QED) is 0.919. The molecule has 3 rings (SSSR count). The molecule has 20 heavy (non-hydrogen) atoms. The molecule has 0 spiro atoms. The highest BCUT2D eigenvalue weighted by Gasteiger charge is 2.24. The highest BCUT2D eigenvalue weighted by atomic mass is 32.1. The molecule has 2 aromatic rings. The van der Waals surface area contributed by atoms with Crippen LogP contribution < -0.4 is 10.6 Å². The van der Waals surface area contributed by atoms with E-state index in [2.05, 4.69) is 20.9 Å². The Morgan fingerprint density at radius 3 is 3.15 bits per heavy atom. The second-order valence-electron chi connectivity index (χ2n) is 4.45. The van der Waals surface area contributed by atoms with E-state index in [-0.39, 0.29) is 11.8 Å². The Morgan fingerprint density at radius 1 is 1.50 bits per heavy atom. The molecule has 3 heterocycles. The van der Waals surface area contributed by atoms with E-state index in [4.69, 9.17) is 10.5 Å². The molecular formula is C13H14N4O2S. The van der Waals surface area contributed by atoms with E-state index < -0.39 is 5.91 Å². The summed E-state index contributed by atoms with van der Waals surface area (Å²) < 4.78 is 5.78. The summed E-state index contributed by atoms with van der Waals surface area (Å²) in [5.74, 6) is 0.0913. The predicted octanol–water partition coefficient (Wildman–Crippen LogP) is 1.21. The summed E-state index contributed by atoms with van der Waals surface area (Å²) >= 11 is 1.67. The van der Waals surface area contributed by atoms with Crippen LogP contribution in [-0.4, -0.2) is 35.6 Å². The fourth-order valence-corrected chi connectivity index (χ4v) is 2.90. The second kappa shape index (κ2) is 5.56. The van der Waals surface area contributed by atoms with Crippen molar-refractivity contribution in [2.24, 2.45) is 5.73 Å². The molecule has 6 nitrogen and oxygen atoms in total. The monoisotopic (exact) mass is 290 g/mol. The smallest absolute Gasteiger partial charge is 0.268 e. The molecule has 2 aromatic heterocycles. The van der Waals surface area contributed by atoms with Crippen LogP contribution in [0.4, 0.5) is 5.82 Å². The van der Waals surface area contributed by atoms with Crippen LogP contribution in [0.2, 0.25) is 0 Å². The van der Waals surface area contributed by atoms with Gasteiger partial charge in [-0.25, -0.2) is 4.98 Å². The van der Waals surface area contributed by atoms with Crippen molar-refractivity contribution in [2.45, 2.75) is 6.10 Å². The van der Waals surface area contributed by atoms with Crippen molar-refractivity contribution < 1.29 is 9.53 Å². The maximum absolute atomic E-state index is 11.2. The summed E-state index contributed by atoms with van der Waals surface area (Å²) in [6.45, 7) is 2.03. The first-order valence-electron chi connectivity index (χ1n) is 6.26. The standard InChI is InChI=1S/C13H14N4O2S/c14-13(18)9-6-15-7-12(16-9)17-3-4-19-10(8-17)11-2-1-5-20-11/h1-2,5-7,10H,3-4,8H2,(H2,14,18). The summed E-state index contributed by atoms with van der Waals surface area (Å²) in [5.41, 5.74) is 5.42. The lowest BCUT2D eigenvalue weighted by Gasteiger charge is -2.33. The zero-order chi connectivity index (χ0) is 13.9. The number of amides is 1. The van der Waals surface area contributed by atoms with Crippen LogP contribution >= 0.6 is 11.3 Å². The minimum Gasteiger partial charge on any atom is -0.369 e. The van der Waals surface area contributed by atoms with E-state index >= 15 is 0 Å². The fourth-order valence-electron chi connectivity index (χ4n) is 2.13. The van der Waals surface area contributed by atoms with Gasteiger partial charge in [0.25, 0.3) is 5.91 Å². The maximum atomic E-state index is 11.2. The molecule has 1 aliphatic rings. The van der Waals surface area contributed by atoms with Gasteiger partial charge in [-0.1, -0.05) is 6.07 Å². The summed E-state index contributed by atoms with van der Waals surface area (Å²) in [5, 5.41) is 2.03. The van der Waals surface area contributed by atoms with Crippen molar-refractivity contribution in [1.29, 1.82) is 0 Å². The summed E-state index contributed by atoms with van der Waals surface area (Å²) in [6.07, 6.45) is 3.05. The van der Waals surface area contributed by atoms with Gasteiger partial charge in [-0.3, -0.25) is 9.78 Å². The zero-order valence-corrected chi connectivity index (χ0v) is 11.5. The number of carbonyl (C=O) groups excluding carboxylic acids is 1. The molecule has 0 aromatic carbocycles. The van der Waals surface area contributed by atoms with Gasteiger partial charge >= 0.3 is 0 Å². The number of primary amides is 1. The number of rotatable bonds is 3. The predicted molar refractivity (Wildman–Crippen MR) is 75.8 cm³/mol. The SMILES string of the molecule is NC(=O)c1cncc(N2CCOC(c3cccs3)C2)n1. The summed E-state index contributed by atoms with van der Waals surface area (Å²) in [4.78, 5) is 22.7. The van der Waals surface area contributed by atoms with Gasteiger partial charge in [0.05, 0.1) is 25.5 Å². The van der Waals surface area contributed by atoms with Crippen LogP contribution in [0, 0.1) is 0 Å². The average molecular weight is 290 g/mol. The molecule has 104 valence electrons. The van der Waals surface area contributed by atoms with Crippen LogP contribution in [0.25, 0.3) is 0 Å². The molecule has 7 heteroatoms. The first-order valence-corrected chi connectivity index (χ1v) is 7.14. The van der Waals surface area contributed by atoms with Gasteiger partial charge in [0, 0.05) is 11.4 Å². The number of carbonyl (C=O) groups is 1. The van der Waals surface area contributed by atoms with Crippen LogP contribution in [0.15, 0.2) is 29.9 Å². The molecule has 0 aliphatic carbocycles. The Morgan fingerprint density at radius 2 is 2.40 bits per heavy atom. The second-order valence-corrected chi connectivity index (χ2v) is 5.43. The lowest BCUT2D eigenvalue weighted by atomic mass is 10.2. The molecule has 2 N–H and O–H groups in total. The number of hydrogen-bond donors (Lipinski definition) is 1. The van der Waals surface area contributed by atoms with Crippen molar-refractivity contribution in [1.82, 2.24) is 9.97 Å². The van der Waals surface area contributed by atoms with Crippen LogP contribution in [0.1, 0.15) is 21.5 Å². The molecule has 0 bridgehead atoms. The topological polar surface area (TPSA) is 81.3 Å². The molecule has 1 atom stereocenters. The van der Waals surface area contributed by atoms with Crippen molar-refractivity contribution in [3.8, 4) is 0 Å². The zero-order valence-electron chi connectivity index (χ0n) is 10.7. The third-order valence-corrected chi connectivity index (χ3v) is 4.09. The van der Waals surface area contributed by atoms with Gasteiger partial charge in [-0.05, 0) is 11.4 Å². The average Bonchev–Trinajstić information content (AvgIpc) is 3.02. The Bertz CT molecular complexity index is 602. The van der Waals surface area contributed by atoms with E-state index in [0.717, 1.165) is 6.54 Å². The van der Waals surface area contributed by atoms with E-state index in [1.54, 1.807) is 17.5 Å². The van der Waals surface area contributed by atoms with Crippen LogP contribution in [-0.2, 0) is 4.74 Å². The van der Waals surface area contributed by atoms with Crippen molar-refractivity contribution >= 4 is 23.1 Å². The third kappa shape index (κ3) is 2.63. The van der Waals surface area contributed by atoms with Gasteiger partial charge in [0.2, 0.25) is 0 Å². The largest absolute Gasteiger partial charge is 0.369 e. The van der Waals surface area contributed by atoms with Crippen LogP contribution in [0.3, 0.4) is 0 Å². The van der Waals surface area contributed by atoms with Gasteiger partial charge < -0.3 is 15.4 Å². The lowest BCUT2D eigenvalue weighted by molar-refractivity contribution is 0.0418. The molecule has 1 saturated heterocycles. The lowest BCUT2D eigenvalue weighted by Crippen LogP contribution is -2.39. The summed E-state index contributed by atoms with van der Waals surface area (Å²) in [7, 11) is 0. The number of aromatic nitrogens is 2. The number of hydrogen-bond acceptors (Lipinski definition) is 6. The van der Waals surface area contributed by atoms with E-state index in [9.17, 15) is 4.79 Å². The van der Waals surface area contributed by atoms with Crippen molar-refractivity contribution in [2.75, 3.05) is 24.6 Å². The van der Waals surface area contributed by atoms with E-state index in [0.29, 0.717) is 19.0 Å². The Labute approximate surface area is 120 Å². The van der Waals surface area contributed by atoms with Gasteiger partial charge in [-0.15, -0.1) is 11.3 Å². The van der Waals surface area contributed by atoms with Gasteiger partial charge in [0.15, 0.2) is 0 Å². The maximum Gasteiger partial charge on any atom is 0.268 e. The number of thiophene rings is 1. The van der Waals surface area contributed by atoms with E-state index in [1.807, 2.05) is 11.4 Å². The number of ether oxygens (including phenoxy) is 1. The number of morpholine rings is 1. The first kappa shape index (κ1) is 13.0. The highest BCUT2D eigenvalue weighted by molar-refractivity contribution is 7.10. The molecule has 1 aliphatic heterocycles. The molecule has 1 amide bonds. The highest BCUT2D eigenvalue weighted by Crippen LogP contribution is 2.27. The number of anilines is 1. The van der Waals surface area contributed by atoms with Crippen molar-refractivity contribution in [3.63, 3.8) is 0 Å². The normalized spacial score (nSPS) is 19.0. The first-order chi connectivity index (χ1) is 9.74. The number of nitrogens with zero attached hydrogens (tertiary/aromatic N) is 3. The molecule has 0 saturated carbocycles. The molecule has 1 fully saturated rings. The molecular weight excluding hydrogens is 276 g/mol. The molecule has 0 radical (unpaired) electrons. The molecule has 1 unspecified atom stereocenters. The number of nitrogens with two attached hydrogens (primary N) is 1. The summed E-state index contributed by atoms with van der Waals surface area (Å²) in [6, 6.07) is 4.07. The Kier molecular flexibility index (Phi) is 3.62. The fraction of sp³-hybridized carbons (Fsp3) is 0.308. The third-order valence-electron chi connectivity index (χ3n) is 3.13. The van der Waals surface area contributed by atoms with E-state index in [1.165, 1.54) is 11.1 Å². The Balaban J connectivity index is 1.80. The Hall–Kier alpha value is -1.99.